The van der Waals surface area contributed by atoms with Crippen LogP contribution in [0.2, 0.25) is 0 Å². The molecule has 0 unspecified atom stereocenters. The Morgan fingerprint density at radius 3 is 2.65 bits per heavy atom. The Labute approximate surface area is 150 Å². The van der Waals surface area contributed by atoms with Gasteiger partial charge in [-0.2, -0.15) is 0 Å². The highest BCUT2D eigenvalue weighted by molar-refractivity contribution is 5.95. The molecule has 1 fully saturated rings. The number of hydrogen-bond acceptors (Lipinski definition) is 6. The Morgan fingerprint density at radius 1 is 1.19 bits per heavy atom. The highest BCUT2D eigenvalue weighted by Gasteiger charge is 2.31. The van der Waals surface area contributed by atoms with E-state index in [4.69, 9.17) is 4.42 Å². The van der Waals surface area contributed by atoms with Gasteiger partial charge < -0.3 is 9.15 Å². The zero-order chi connectivity index (χ0) is 18.5. The number of hydrogen-bond donors (Lipinski definition) is 0. The molecule has 1 aliphatic rings. The van der Waals surface area contributed by atoms with Crippen LogP contribution in [-0.2, 0) is 16.0 Å². The van der Waals surface area contributed by atoms with Gasteiger partial charge in [-0.1, -0.05) is 0 Å². The number of aryl methyl sites for hydroxylation is 1. The van der Waals surface area contributed by atoms with E-state index in [0.29, 0.717) is 25.9 Å². The molecule has 2 aromatic heterocycles. The summed E-state index contributed by atoms with van der Waals surface area (Å²) >= 11 is 0. The van der Waals surface area contributed by atoms with E-state index >= 15 is 0 Å². The summed E-state index contributed by atoms with van der Waals surface area (Å²) in [5.41, 5.74) is 0.431. The first kappa shape index (κ1) is 17.7. The van der Waals surface area contributed by atoms with Gasteiger partial charge in [0.05, 0.1) is 18.9 Å². The predicted octanol–water partition coefficient (Wildman–Crippen LogP) is 1.68. The first-order valence-electron chi connectivity index (χ1n) is 8.29. The van der Waals surface area contributed by atoms with Gasteiger partial charge in [0.2, 0.25) is 5.91 Å². The first-order valence-corrected chi connectivity index (χ1v) is 8.29. The summed E-state index contributed by atoms with van der Waals surface area (Å²) in [6.07, 6.45) is 4.30. The lowest BCUT2D eigenvalue weighted by Crippen LogP contribution is -2.45. The van der Waals surface area contributed by atoms with Gasteiger partial charge in [-0.05, 0) is 30.7 Å². The number of carbonyl (C=O) groups excluding carboxylic acids is 3. The van der Waals surface area contributed by atoms with Crippen LogP contribution in [0.25, 0.3) is 0 Å². The number of nitrogens with zero attached hydrogens (tertiary/aromatic N) is 3. The van der Waals surface area contributed by atoms with E-state index in [2.05, 4.69) is 9.72 Å². The van der Waals surface area contributed by atoms with Crippen molar-refractivity contribution in [1.82, 2.24) is 15.0 Å². The van der Waals surface area contributed by atoms with Crippen molar-refractivity contribution in [2.24, 2.45) is 0 Å². The maximum Gasteiger partial charge on any atom is 0.339 e. The Bertz CT molecular complexity index is 786. The third kappa shape index (κ3) is 3.74. The molecule has 3 heterocycles. The lowest BCUT2D eigenvalue weighted by Gasteiger charge is -2.27. The summed E-state index contributed by atoms with van der Waals surface area (Å²) in [5, 5.41) is 2.87. The number of rotatable bonds is 5. The number of amides is 2. The van der Waals surface area contributed by atoms with Gasteiger partial charge in [0, 0.05) is 32.1 Å². The molecule has 1 aliphatic heterocycles. The number of esters is 1. The number of aromatic nitrogens is 1. The molecule has 136 valence electrons. The normalized spacial score (nSPS) is 13.7. The monoisotopic (exact) mass is 357 g/mol. The molecule has 0 N–H and O–H groups in total. The molecule has 8 nitrogen and oxygen atoms in total. The molecule has 26 heavy (non-hydrogen) atoms. The van der Waals surface area contributed by atoms with Crippen molar-refractivity contribution < 1.29 is 23.5 Å². The highest BCUT2D eigenvalue weighted by Crippen LogP contribution is 2.17. The lowest BCUT2D eigenvalue weighted by molar-refractivity contribution is -0.140. The fraction of sp³-hybridized carbons (Fsp3) is 0.333. The summed E-state index contributed by atoms with van der Waals surface area (Å²) in [6.45, 7) is 0.939. The average Bonchev–Trinajstić information content (AvgIpc) is 3.36. The quantitative estimate of drug-likeness (QED) is 0.756. The first-order chi connectivity index (χ1) is 12.6. The van der Waals surface area contributed by atoms with Crippen LogP contribution in [0.1, 0.15) is 39.4 Å². The molecule has 1 saturated heterocycles. The van der Waals surface area contributed by atoms with Crippen LogP contribution >= 0.6 is 0 Å². The van der Waals surface area contributed by atoms with E-state index in [9.17, 15) is 14.4 Å². The van der Waals surface area contributed by atoms with E-state index in [0.717, 1.165) is 5.76 Å². The van der Waals surface area contributed by atoms with Gasteiger partial charge in [-0.3, -0.25) is 19.6 Å². The second-order valence-corrected chi connectivity index (χ2v) is 5.80. The fourth-order valence-electron chi connectivity index (χ4n) is 2.79. The molecule has 0 aliphatic carbocycles. The molecular formula is C18H19N3O5. The third-order valence-electron chi connectivity index (χ3n) is 4.12. The number of hydrazine groups is 1. The van der Waals surface area contributed by atoms with E-state index in [1.54, 1.807) is 12.3 Å². The molecule has 3 rings (SSSR count). The predicted molar refractivity (Wildman–Crippen MR) is 90.0 cm³/mol. The van der Waals surface area contributed by atoms with Crippen LogP contribution in [-0.4, -0.2) is 53.0 Å². The maximum absolute atomic E-state index is 12.7. The molecule has 0 radical (unpaired) electrons. The van der Waals surface area contributed by atoms with Crippen LogP contribution < -0.4 is 0 Å². The number of furan rings is 1. The van der Waals surface area contributed by atoms with Crippen molar-refractivity contribution in [1.29, 1.82) is 0 Å². The molecule has 0 saturated carbocycles. The summed E-state index contributed by atoms with van der Waals surface area (Å²) < 4.78 is 9.84. The number of ether oxygens (including phenoxy) is 1. The molecule has 0 atom stereocenters. The van der Waals surface area contributed by atoms with E-state index in [1.807, 2.05) is 6.07 Å². The van der Waals surface area contributed by atoms with Crippen LogP contribution in [0.15, 0.2) is 41.1 Å². The zero-order valence-electron chi connectivity index (χ0n) is 14.4. The summed E-state index contributed by atoms with van der Waals surface area (Å²) in [7, 11) is 1.28. The molecule has 2 amide bonds. The highest BCUT2D eigenvalue weighted by atomic mass is 16.5. The average molecular weight is 357 g/mol. The molecule has 0 spiro atoms. The minimum Gasteiger partial charge on any atom is -0.469 e. The summed E-state index contributed by atoms with van der Waals surface area (Å²) in [4.78, 5) is 40.6. The Kier molecular flexibility index (Phi) is 5.31. The van der Waals surface area contributed by atoms with E-state index in [1.165, 1.54) is 35.5 Å². The van der Waals surface area contributed by atoms with Gasteiger partial charge >= 0.3 is 5.97 Å². The van der Waals surface area contributed by atoms with Gasteiger partial charge in [0.15, 0.2) is 0 Å². The van der Waals surface area contributed by atoms with Crippen molar-refractivity contribution >= 4 is 17.8 Å². The number of pyridine rings is 1. The van der Waals surface area contributed by atoms with E-state index < -0.39 is 5.97 Å². The van der Waals surface area contributed by atoms with Crippen LogP contribution in [0.3, 0.4) is 0 Å². The molecule has 0 bridgehead atoms. The molecule has 2 aromatic rings. The third-order valence-corrected chi connectivity index (χ3v) is 4.12. The van der Waals surface area contributed by atoms with Crippen molar-refractivity contribution in [2.45, 2.75) is 19.3 Å². The maximum atomic E-state index is 12.7. The van der Waals surface area contributed by atoms with E-state index in [-0.39, 0.29) is 29.5 Å². The van der Waals surface area contributed by atoms with Crippen LogP contribution in [0.4, 0.5) is 0 Å². The van der Waals surface area contributed by atoms with Gasteiger partial charge in [-0.25, -0.2) is 9.80 Å². The number of carbonyl (C=O) groups is 3. The molecule has 8 heteroatoms. The zero-order valence-corrected chi connectivity index (χ0v) is 14.4. The van der Waals surface area contributed by atoms with Crippen molar-refractivity contribution in [3.8, 4) is 0 Å². The lowest BCUT2D eigenvalue weighted by atomic mass is 10.2. The van der Waals surface area contributed by atoms with Crippen molar-refractivity contribution in [2.75, 3.05) is 20.2 Å². The topological polar surface area (TPSA) is 93.0 Å². The Hall–Kier alpha value is -3.16. The smallest absolute Gasteiger partial charge is 0.339 e. The molecular weight excluding hydrogens is 338 g/mol. The second kappa shape index (κ2) is 7.81. The van der Waals surface area contributed by atoms with Gasteiger partial charge in [0.25, 0.3) is 5.91 Å². The standard InChI is InChI=1S/C18H19N3O5/c1-25-18(24)13-5-7-15(19-12-13)17(23)21-10-3-9-20(21)16(22)8-6-14-4-2-11-26-14/h2,4-5,7,11-12H,3,6,8-10H2,1H3. The summed E-state index contributed by atoms with van der Waals surface area (Å²) in [5.74, 6) is -0.299. The fourth-order valence-corrected chi connectivity index (χ4v) is 2.79. The van der Waals surface area contributed by atoms with Gasteiger partial charge in [0.1, 0.15) is 11.5 Å². The van der Waals surface area contributed by atoms with Crippen molar-refractivity contribution in [3.63, 3.8) is 0 Å². The van der Waals surface area contributed by atoms with Crippen LogP contribution in [0, 0.1) is 0 Å². The Balaban J connectivity index is 1.65. The van der Waals surface area contributed by atoms with Crippen molar-refractivity contribution in [3.05, 3.63) is 53.7 Å². The second-order valence-electron chi connectivity index (χ2n) is 5.80. The summed E-state index contributed by atoms with van der Waals surface area (Å²) in [6, 6.07) is 6.52. The minimum absolute atomic E-state index is 0.140. The Morgan fingerprint density at radius 2 is 2.00 bits per heavy atom. The minimum atomic E-state index is -0.521. The van der Waals surface area contributed by atoms with Gasteiger partial charge in [-0.15, -0.1) is 0 Å². The SMILES string of the molecule is COC(=O)c1ccc(C(=O)N2CCCN2C(=O)CCc2ccco2)nc1. The largest absolute Gasteiger partial charge is 0.469 e. The molecule has 0 aromatic carbocycles. The van der Waals surface area contributed by atoms with Crippen LogP contribution in [0.5, 0.6) is 0 Å². The number of methoxy groups -OCH3 is 1.